The van der Waals surface area contributed by atoms with E-state index in [2.05, 4.69) is 50.0 Å². The Hall–Kier alpha value is -2.68. The molecule has 5 rings (SSSR count). The highest BCUT2D eigenvalue weighted by atomic mass is 19.3. The van der Waals surface area contributed by atoms with Crippen molar-refractivity contribution in [3.8, 4) is 0 Å². The van der Waals surface area contributed by atoms with Crippen LogP contribution < -0.4 is 4.90 Å². The van der Waals surface area contributed by atoms with E-state index in [1.807, 2.05) is 0 Å². The van der Waals surface area contributed by atoms with E-state index >= 15 is 0 Å². The van der Waals surface area contributed by atoms with Gasteiger partial charge in [-0.2, -0.15) is 10.1 Å². The van der Waals surface area contributed by atoms with Gasteiger partial charge in [0, 0.05) is 32.1 Å². The Morgan fingerprint density at radius 3 is 2.75 bits per heavy atom. The molecule has 2 aliphatic rings. The van der Waals surface area contributed by atoms with Crippen LogP contribution in [0, 0.1) is 5.92 Å². The molecule has 9 heteroatoms. The van der Waals surface area contributed by atoms with Crippen LogP contribution in [0.25, 0.3) is 5.78 Å². The molecule has 32 heavy (non-hydrogen) atoms. The summed E-state index contributed by atoms with van der Waals surface area (Å²) in [5.41, 5.74) is 1.58. The molecular weight excluding hydrogens is 412 g/mol. The van der Waals surface area contributed by atoms with Gasteiger partial charge in [0.2, 0.25) is 0 Å². The molecule has 2 atom stereocenters. The monoisotopic (exact) mass is 441 g/mol. The molecule has 0 bridgehead atoms. The molecule has 0 N–H and O–H groups in total. The van der Waals surface area contributed by atoms with Gasteiger partial charge in [-0.05, 0) is 56.3 Å². The minimum absolute atomic E-state index is 0.0683. The van der Waals surface area contributed by atoms with Gasteiger partial charge < -0.3 is 4.90 Å². The zero-order valence-corrected chi connectivity index (χ0v) is 18.4. The average molecular weight is 442 g/mol. The molecule has 3 aromatic rings. The number of nitrogens with zero attached hydrogens (tertiary/aromatic N) is 7. The second-order valence-corrected chi connectivity index (χ2v) is 9.02. The van der Waals surface area contributed by atoms with Gasteiger partial charge in [-0.25, -0.2) is 23.3 Å². The third-order valence-corrected chi connectivity index (χ3v) is 6.80. The lowest BCUT2D eigenvalue weighted by Crippen LogP contribution is -2.39. The molecule has 2 aliphatic heterocycles. The second-order valence-electron chi connectivity index (χ2n) is 9.02. The average Bonchev–Trinajstić information content (AvgIpc) is 3.29. The quantitative estimate of drug-likeness (QED) is 0.595. The topological polar surface area (TPSA) is 62.5 Å². The molecule has 3 aromatic heterocycles. The van der Waals surface area contributed by atoms with E-state index in [-0.39, 0.29) is 17.4 Å². The van der Waals surface area contributed by atoms with Crippen LogP contribution in [0.2, 0.25) is 0 Å². The van der Waals surface area contributed by atoms with Crippen LogP contribution in [0.4, 0.5) is 14.6 Å². The summed E-state index contributed by atoms with van der Waals surface area (Å²) < 4.78 is 28.5. The third kappa shape index (κ3) is 4.30. The van der Waals surface area contributed by atoms with Crippen molar-refractivity contribution in [2.45, 2.75) is 51.5 Å². The van der Waals surface area contributed by atoms with Crippen LogP contribution in [-0.2, 0) is 6.54 Å². The number of piperidine rings is 2. The Morgan fingerprint density at radius 2 is 1.94 bits per heavy atom. The summed E-state index contributed by atoms with van der Waals surface area (Å²) in [6.45, 7) is 6.80. The zero-order chi connectivity index (χ0) is 22.1. The van der Waals surface area contributed by atoms with Gasteiger partial charge in [0.05, 0.1) is 11.4 Å². The van der Waals surface area contributed by atoms with Crippen molar-refractivity contribution in [3.05, 3.63) is 47.7 Å². The van der Waals surface area contributed by atoms with Crippen molar-refractivity contribution in [1.29, 1.82) is 0 Å². The fourth-order valence-corrected chi connectivity index (χ4v) is 4.98. The number of anilines is 1. The molecule has 7 nitrogen and oxygen atoms in total. The van der Waals surface area contributed by atoms with Crippen LogP contribution in [0.15, 0.2) is 30.6 Å². The molecule has 2 fully saturated rings. The number of hydrogen-bond donors (Lipinski definition) is 0. The molecule has 0 amide bonds. The second kappa shape index (κ2) is 9.05. The van der Waals surface area contributed by atoms with Crippen molar-refractivity contribution in [2.24, 2.45) is 5.92 Å². The van der Waals surface area contributed by atoms with E-state index in [1.165, 1.54) is 31.7 Å². The molecule has 0 spiro atoms. The SMILES string of the molecule is C[C@@H]1CCN(Cc2cccc(N3CCCCC3)n2)C[C@H]1c1cc(C(F)F)nc2ncnn12. The van der Waals surface area contributed by atoms with Crippen LogP contribution in [0.1, 0.15) is 62.0 Å². The summed E-state index contributed by atoms with van der Waals surface area (Å²) in [6.07, 6.45) is 3.47. The first-order chi connectivity index (χ1) is 15.6. The number of alkyl halides is 2. The number of pyridine rings is 1. The highest BCUT2D eigenvalue weighted by Crippen LogP contribution is 2.34. The van der Waals surface area contributed by atoms with Gasteiger partial charge in [-0.15, -0.1) is 0 Å². The largest absolute Gasteiger partial charge is 0.357 e. The Kier molecular flexibility index (Phi) is 5.99. The standard InChI is InChI=1S/C23H29F2N7/c1-16-8-11-30(13-17-6-5-7-21(28-17)31-9-3-2-4-10-31)14-18(16)20-12-19(22(24)25)29-23-26-15-27-32(20)23/h5-7,12,15-16,18,22H,2-4,8-11,13-14H2,1H3/t16-,18-/m1/s1. The Labute approximate surface area is 186 Å². The molecular formula is C23H29F2N7. The van der Waals surface area contributed by atoms with Crippen LogP contribution >= 0.6 is 0 Å². The summed E-state index contributed by atoms with van der Waals surface area (Å²) >= 11 is 0. The first-order valence-corrected chi connectivity index (χ1v) is 11.5. The molecule has 0 unspecified atom stereocenters. The molecule has 5 heterocycles. The van der Waals surface area contributed by atoms with Crippen LogP contribution in [0.5, 0.6) is 0 Å². The van der Waals surface area contributed by atoms with Gasteiger partial charge in [0.25, 0.3) is 12.2 Å². The molecule has 2 saturated heterocycles. The summed E-state index contributed by atoms with van der Waals surface area (Å²) in [5.74, 6) is 1.71. The Morgan fingerprint density at radius 1 is 1.09 bits per heavy atom. The van der Waals surface area contributed by atoms with Crippen LogP contribution in [-0.4, -0.2) is 55.6 Å². The first-order valence-electron chi connectivity index (χ1n) is 11.5. The van der Waals surface area contributed by atoms with E-state index < -0.39 is 6.43 Å². The maximum Gasteiger partial charge on any atom is 0.280 e. The smallest absolute Gasteiger partial charge is 0.280 e. The highest BCUT2D eigenvalue weighted by Gasteiger charge is 2.31. The summed E-state index contributed by atoms with van der Waals surface area (Å²) in [4.78, 5) is 17.7. The molecule has 0 aliphatic carbocycles. The van der Waals surface area contributed by atoms with Gasteiger partial charge in [0.15, 0.2) is 0 Å². The van der Waals surface area contributed by atoms with E-state index in [0.29, 0.717) is 5.92 Å². The predicted molar refractivity (Wildman–Crippen MR) is 118 cm³/mol. The zero-order valence-electron chi connectivity index (χ0n) is 18.4. The fraction of sp³-hybridized carbons (Fsp3) is 0.565. The predicted octanol–water partition coefficient (Wildman–Crippen LogP) is 4.07. The number of likely N-dealkylation sites (tertiary alicyclic amines) is 1. The normalized spacial score (nSPS) is 22.7. The van der Waals surface area contributed by atoms with E-state index in [9.17, 15) is 8.78 Å². The van der Waals surface area contributed by atoms with Crippen molar-refractivity contribution < 1.29 is 8.78 Å². The molecule has 170 valence electrons. The summed E-state index contributed by atoms with van der Waals surface area (Å²) in [5, 5.41) is 4.26. The lowest BCUT2D eigenvalue weighted by molar-refractivity contribution is 0.143. The minimum Gasteiger partial charge on any atom is -0.357 e. The number of hydrogen-bond acceptors (Lipinski definition) is 6. The lowest BCUT2D eigenvalue weighted by Gasteiger charge is -2.37. The van der Waals surface area contributed by atoms with E-state index in [0.717, 1.165) is 56.4 Å². The maximum atomic E-state index is 13.5. The number of rotatable bonds is 5. The summed E-state index contributed by atoms with van der Waals surface area (Å²) in [6, 6.07) is 7.77. The van der Waals surface area contributed by atoms with Gasteiger partial charge in [-0.3, -0.25) is 4.90 Å². The fourth-order valence-electron chi connectivity index (χ4n) is 4.98. The molecule has 0 saturated carbocycles. The van der Waals surface area contributed by atoms with Crippen molar-refractivity contribution in [1.82, 2.24) is 29.5 Å². The van der Waals surface area contributed by atoms with Gasteiger partial charge >= 0.3 is 0 Å². The third-order valence-electron chi connectivity index (χ3n) is 6.80. The highest BCUT2D eigenvalue weighted by molar-refractivity contribution is 5.39. The van der Waals surface area contributed by atoms with Gasteiger partial charge in [-0.1, -0.05) is 13.0 Å². The maximum absolute atomic E-state index is 13.5. The number of aromatic nitrogens is 5. The van der Waals surface area contributed by atoms with Gasteiger partial charge in [0.1, 0.15) is 17.8 Å². The van der Waals surface area contributed by atoms with E-state index in [4.69, 9.17) is 4.98 Å². The first kappa shape index (κ1) is 21.2. The van der Waals surface area contributed by atoms with Crippen LogP contribution in [0.3, 0.4) is 0 Å². The molecule has 0 radical (unpaired) electrons. The number of fused-ring (bicyclic) bond motifs is 1. The minimum atomic E-state index is -2.63. The van der Waals surface area contributed by atoms with Crippen molar-refractivity contribution >= 4 is 11.6 Å². The van der Waals surface area contributed by atoms with Crippen molar-refractivity contribution in [2.75, 3.05) is 31.1 Å². The molecule has 0 aromatic carbocycles. The number of halogens is 2. The summed E-state index contributed by atoms with van der Waals surface area (Å²) in [7, 11) is 0. The van der Waals surface area contributed by atoms with E-state index in [1.54, 1.807) is 4.52 Å². The Bertz CT molecular complexity index is 1060. The lowest BCUT2D eigenvalue weighted by atomic mass is 9.84. The Balaban J connectivity index is 1.37. The van der Waals surface area contributed by atoms with Crippen molar-refractivity contribution in [3.63, 3.8) is 0 Å².